The SMILES string of the molecule is CCCC1(CNC)CN(C(C)C)C1. The summed E-state index contributed by atoms with van der Waals surface area (Å²) in [6.45, 7) is 10.6. The molecule has 0 bridgehead atoms. The minimum atomic E-state index is 0.591. The second-order valence-corrected chi connectivity index (χ2v) is 4.78. The maximum atomic E-state index is 3.33. The Balaban J connectivity index is 2.38. The van der Waals surface area contributed by atoms with Crippen LogP contribution in [0.25, 0.3) is 0 Å². The fourth-order valence-electron chi connectivity index (χ4n) is 2.44. The summed E-state index contributed by atoms with van der Waals surface area (Å²) in [7, 11) is 2.06. The monoisotopic (exact) mass is 184 g/mol. The molecule has 0 spiro atoms. The third-order valence-corrected chi connectivity index (χ3v) is 3.14. The lowest BCUT2D eigenvalue weighted by molar-refractivity contribution is -0.0261. The molecule has 0 aromatic carbocycles. The summed E-state index contributed by atoms with van der Waals surface area (Å²) >= 11 is 0. The van der Waals surface area contributed by atoms with Gasteiger partial charge in [-0.3, -0.25) is 4.90 Å². The molecule has 2 nitrogen and oxygen atoms in total. The summed E-state index contributed by atoms with van der Waals surface area (Å²) in [4.78, 5) is 2.56. The fourth-order valence-corrected chi connectivity index (χ4v) is 2.44. The van der Waals surface area contributed by atoms with Crippen LogP contribution in [0, 0.1) is 5.41 Å². The first kappa shape index (κ1) is 11.0. The zero-order valence-corrected chi connectivity index (χ0v) is 9.56. The van der Waals surface area contributed by atoms with Crippen LogP contribution in [0.2, 0.25) is 0 Å². The summed E-state index contributed by atoms with van der Waals surface area (Å²) in [5.74, 6) is 0. The van der Waals surface area contributed by atoms with Gasteiger partial charge in [0.15, 0.2) is 0 Å². The number of likely N-dealkylation sites (tertiary alicyclic amines) is 1. The van der Waals surface area contributed by atoms with Crippen LogP contribution in [-0.4, -0.2) is 37.6 Å². The van der Waals surface area contributed by atoms with Gasteiger partial charge in [0, 0.05) is 31.1 Å². The first-order valence-electron chi connectivity index (χ1n) is 5.52. The molecule has 0 unspecified atom stereocenters. The van der Waals surface area contributed by atoms with E-state index in [4.69, 9.17) is 0 Å². The molecule has 1 N–H and O–H groups in total. The van der Waals surface area contributed by atoms with Gasteiger partial charge in [-0.1, -0.05) is 13.3 Å². The number of nitrogens with zero attached hydrogens (tertiary/aromatic N) is 1. The maximum Gasteiger partial charge on any atom is 0.00822 e. The van der Waals surface area contributed by atoms with Crippen molar-refractivity contribution in [2.24, 2.45) is 5.41 Å². The molecule has 1 aliphatic heterocycles. The number of rotatable bonds is 5. The van der Waals surface area contributed by atoms with Gasteiger partial charge in [-0.15, -0.1) is 0 Å². The lowest BCUT2D eigenvalue weighted by atomic mass is 9.75. The third-order valence-electron chi connectivity index (χ3n) is 3.14. The van der Waals surface area contributed by atoms with E-state index in [2.05, 4.69) is 38.0 Å². The van der Waals surface area contributed by atoms with Crippen molar-refractivity contribution in [1.82, 2.24) is 10.2 Å². The predicted octanol–water partition coefficient (Wildman–Crippen LogP) is 1.72. The topological polar surface area (TPSA) is 15.3 Å². The Hall–Kier alpha value is -0.0800. The normalized spacial score (nSPS) is 21.9. The summed E-state index contributed by atoms with van der Waals surface area (Å²) in [6.07, 6.45) is 2.69. The molecule has 0 aromatic rings. The van der Waals surface area contributed by atoms with Crippen molar-refractivity contribution in [2.75, 3.05) is 26.7 Å². The van der Waals surface area contributed by atoms with Crippen LogP contribution in [0.15, 0.2) is 0 Å². The third kappa shape index (κ3) is 2.44. The second kappa shape index (κ2) is 4.43. The molecule has 0 aromatic heterocycles. The molecule has 0 saturated carbocycles. The van der Waals surface area contributed by atoms with E-state index in [1.54, 1.807) is 0 Å². The number of hydrogen-bond donors (Lipinski definition) is 1. The van der Waals surface area contributed by atoms with Crippen LogP contribution >= 0.6 is 0 Å². The first-order chi connectivity index (χ1) is 6.13. The van der Waals surface area contributed by atoms with Gasteiger partial charge in [-0.25, -0.2) is 0 Å². The van der Waals surface area contributed by atoms with E-state index in [-0.39, 0.29) is 0 Å². The van der Waals surface area contributed by atoms with Gasteiger partial charge in [0.1, 0.15) is 0 Å². The van der Waals surface area contributed by atoms with Gasteiger partial charge in [0.2, 0.25) is 0 Å². The highest BCUT2D eigenvalue weighted by Gasteiger charge is 2.42. The Bertz CT molecular complexity index is 140. The standard InChI is InChI=1S/C11H24N2/c1-5-6-11(7-12-4)8-13(9-11)10(2)3/h10,12H,5-9H2,1-4H3. The molecule has 0 aliphatic carbocycles. The van der Waals surface area contributed by atoms with Crippen LogP contribution < -0.4 is 5.32 Å². The Kier molecular flexibility index (Phi) is 3.74. The maximum absolute atomic E-state index is 3.33. The molecule has 78 valence electrons. The van der Waals surface area contributed by atoms with Crippen LogP contribution in [-0.2, 0) is 0 Å². The van der Waals surface area contributed by atoms with Gasteiger partial charge in [0.05, 0.1) is 0 Å². The van der Waals surface area contributed by atoms with E-state index in [0.29, 0.717) is 5.41 Å². The van der Waals surface area contributed by atoms with Crippen molar-refractivity contribution in [3.63, 3.8) is 0 Å². The van der Waals surface area contributed by atoms with Crippen molar-refractivity contribution in [1.29, 1.82) is 0 Å². The molecule has 2 heteroatoms. The van der Waals surface area contributed by atoms with Gasteiger partial charge >= 0.3 is 0 Å². The van der Waals surface area contributed by atoms with E-state index in [0.717, 1.165) is 6.04 Å². The zero-order chi connectivity index (χ0) is 9.90. The second-order valence-electron chi connectivity index (χ2n) is 4.78. The highest BCUT2D eigenvalue weighted by atomic mass is 15.2. The average Bonchev–Trinajstić information content (AvgIpc) is 1.99. The van der Waals surface area contributed by atoms with E-state index < -0.39 is 0 Å². The van der Waals surface area contributed by atoms with Gasteiger partial charge in [-0.05, 0) is 27.3 Å². The van der Waals surface area contributed by atoms with Crippen LogP contribution in [0.3, 0.4) is 0 Å². The van der Waals surface area contributed by atoms with Crippen LogP contribution in [0.5, 0.6) is 0 Å². The lowest BCUT2D eigenvalue weighted by Gasteiger charge is -2.52. The van der Waals surface area contributed by atoms with Crippen LogP contribution in [0.1, 0.15) is 33.6 Å². The van der Waals surface area contributed by atoms with Crippen molar-refractivity contribution < 1.29 is 0 Å². The summed E-state index contributed by atoms with van der Waals surface area (Å²) in [5.41, 5.74) is 0.591. The first-order valence-corrected chi connectivity index (χ1v) is 5.52. The highest BCUT2D eigenvalue weighted by Crippen LogP contribution is 2.35. The quantitative estimate of drug-likeness (QED) is 0.700. The van der Waals surface area contributed by atoms with Crippen molar-refractivity contribution >= 4 is 0 Å². The van der Waals surface area contributed by atoms with E-state index in [9.17, 15) is 0 Å². The Labute approximate surface area is 82.7 Å². The molecular weight excluding hydrogens is 160 g/mol. The predicted molar refractivity (Wildman–Crippen MR) is 58.0 cm³/mol. The molecular formula is C11H24N2. The Morgan fingerprint density at radius 2 is 2.00 bits per heavy atom. The Morgan fingerprint density at radius 1 is 1.38 bits per heavy atom. The summed E-state index contributed by atoms with van der Waals surface area (Å²) in [5, 5.41) is 3.33. The lowest BCUT2D eigenvalue weighted by Crippen LogP contribution is -2.61. The molecule has 0 amide bonds. The highest BCUT2D eigenvalue weighted by molar-refractivity contribution is 4.96. The molecule has 1 aliphatic rings. The summed E-state index contributed by atoms with van der Waals surface area (Å²) in [6, 6.07) is 0.724. The van der Waals surface area contributed by atoms with E-state index >= 15 is 0 Å². The smallest absolute Gasteiger partial charge is 0.00822 e. The fraction of sp³-hybridized carbons (Fsp3) is 1.00. The van der Waals surface area contributed by atoms with E-state index in [1.807, 2.05) is 0 Å². The van der Waals surface area contributed by atoms with Gasteiger partial charge in [0.25, 0.3) is 0 Å². The number of nitrogens with one attached hydrogen (secondary N) is 1. The van der Waals surface area contributed by atoms with E-state index in [1.165, 1.54) is 32.5 Å². The van der Waals surface area contributed by atoms with Gasteiger partial charge in [-0.2, -0.15) is 0 Å². The molecule has 1 fully saturated rings. The van der Waals surface area contributed by atoms with Crippen molar-refractivity contribution in [3.8, 4) is 0 Å². The average molecular weight is 184 g/mol. The minimum absolute atomic E-state index is 0.591. The largest absolute Gasteiger partial charge is 0.319 e. The molecule has 13 heavy (non-hydrogen) atoms. The zero-order valence-electron chi connectivity index (χ0n) is 9.56. The van der Waals surface area contributed by atoms with Crippen molar-refractivity contribution in [2.45, 2.75) is 39.7 Å². The Morgan fingerprint density at radius 3 is 2.38 bits per heavy atom. The minimum Gasteiger partial charge on any atom is -0.319 e. The molecule has 1 rings (SSSR count). The van der Waals surface area contributed by atoms with Crippen molar-refractivity contribution in [3.05, 3.63) is 0 Å². The molecule has 0 atom stereocenters. The van der Waals surface area contributed by atoms with Gasteiger partial charge < -0.3 is 5.32 Å². The summed E-state index contributed by atoms with van der Waals surface area (Å²) < 4.78 is 0. The number of hydrogen-bond acceptors (Lipinski definition) is 2. The van der Waals surface area contributed by atoms with Crippen LogP contribution in [0.4, 0.5) is 0 Å². The molecule has 0 radical (unpaired) electrons. The molecule has 1 saturated heterocycles. The molecule has 1 heterocycles.